The summed E-state index contributed by atoms with van der Waals surface area (Å²) in [6.45, 7) is 2.14. The number of halogens is 2. The van der Waals surface area contributed by atoms with Crippen molar-refractivity contribution in [3.63, 3.8) is 0 Å². The third-order valence-electron chi connectivity index (χ3n) is 3.62. The molecule has 1 N–H and O–H groups in total. The predicted molar refractivity (Wildman–Crippen MR) is 109 cm³/mol. The Morgan fingerprint density at radius 1 is 1.16 bits per heavy atom. The molecule has 0 spiro atoms. The van der Waals surface area contributed by atoms with Gasteiger partial charge in [0.15, 0.2) is 5.13 Å². The van der Waals surface area contributed by atoms with Crippen LogP contribution in [-0.2, 0) is 6.42 Å². The van der Waals surface area contributed by atoms with Gasteiger partial charge in [0.25, 0.3) is 5.91 Å². The number of hydrogen-bond donors (Lipinski definition) is 1. The summed E-state index contributed by atoms with van der Waals surface area (Å²) in [6, 6.07) is 14.9. The van der Waals surface area contributed by atoms with Gasteiger partial charge in [-0.3, -0.25) is 10.1 Å². The first-order valence-corrected chi connectivity index (χ1v) is 9.88. The SMILES string of the molecule is CCCc1sc(NC(=O)c2ccc(Cl)cc2)nc1-c1ccc(Br)cc1. The molecule has 0 aliphatic carbocycles. The van der Waals surface area contributed by atoms with E-state index in [-0.39, 0.29) is 5.91 Å². The highest BCUT2D eigenvalue weighted by atomic mass is 79.9. The molecule has 0 saturated heterocycles. The molecule has 0 fully saturated rings. The quantitative estimate of drug-likeness (QED) is 0.501. The van der Waals surface area contributed by atoms with Crippen LogP contribution in [0.5, 0.6) is 0 Å². The number of aromatic nitrogens is 1. The van der Waals surface area contributed by atoms with Crippen molar-refractivity contribution in [2.24, 2.45) is 0 Å². The number of benzene rings is 2. The van der Waals surface area contributed by atoms with Crippen LogP contribution in [0.15, 0.2) is 53.0 Å². The monoisotopic (exact) mass is 434 g/mol. The smallest absolute Gasteiger partial charge is 0.257 e. The lowest BCUT2D eigenvalue weighted by atomic mass is 10.1. The molecule has 0 bridgehead atoms. The Labute approximate surface area is 164 Å². The van der Waals surface area contributed by atoms with Crippen molar-refractivity contribution < 1.29 is 4.79 Å². The van der Waals surface area contributed by atoms with Crippen LogP contribution in [0.2, 0.25) is 5.02 Å². The number of nitrogens with one attached hydrogen (secondary N) is 1. The molecule has 0 atom stereocenters. The van der Waals surface area contributed by atoms with Crippen LogP contribution in [-0.4, -0.2) is 10.9 Å². The lowest BCUT2D eigenvalue weighted by Gasteiger charge is -2.02. The van der Waals surface area contributed by atoms with E-state index >= 15 is 0 Å². The Morgan fingerprint density at radius 2 is 1.84 bits per heavy atom. The van der Waals surface area contributed by atoms with Crippen molar-refractivity contribution in [1.29, 1.82) is 0 Å². The summed E-state index contributed by atoms with van der Waals surface area (Å²) in [5, 5.41) is 4.11. The van der Waals surface area contributed by atoms with Gasteiger partial charge in [0.1, 0.15) is 0 Å². The second kappa shape index (κ2) is 8.13. The van der Waals surface area contributed by atoms with Crippen LogP contribution in [0.1, 0.15) is 28.6 Å². The van der Waals surface area contributed by atoms with E-state index in [0.29, 0.717) is 15.7 Å². The van der Waals surface area contributed by atoms with E-state index in [4.69, 9.17) is 11.6 Å². The van der Waals surface area contributed by atoms with E-state index in [1.807, 2.05) is 24.3 Å². The molecule has 0 aliphatic heterocycles. The van der Waals surface area contributed by atoms with Crippen LogP contribution >= 0.6 is 38.9 Å². The molecular formula is C19H16BrClN2OS. The number of carbonyl (C=O) groups excluding carboxylic acids is 1. The molecule has 0 unspecified atom stereocenters. The van der Waals surface area contributed by atoms with Crippen molar-refractivity contribution in [3.8, 4) is 11.3 Å². The zero-order chi connectivity index (χ0) is 17.8. The molecule has 3 rings (SSSR count). The average Bonchev–Trinajstić information content (AvgIpc) is 2.99. The topological polar surface area (TPSA) is 42.0 Å². The minimum Gasteiger partial charge on any atom is -0.298 e. The molecule has 0 aliphatic rings. The normalized spacial score (nSPS) is 10.7. The summed E-state index contributed by atoms with van der Waals surface area (Å²) >= 11 is 10.8. The second-order valence-electron chi connectivity index (χ2n) is 5.51. The van der Waals surface area contributed by atoms with Crippen molar-refractivity contribution >= 4 is 49.9 Å². The fourth-order valence-corrected chi connectivity index (χ4v) is 3.88. The minimum absolute atomic E-state index is 0.184. The van der Waals surface area contributed by atoms with Crippen molar-refractivity contribution in [2.45, 2.75) is 19.8 Å². The third-order valence-corrected chi connectivity index (χ3v) is 5.43. The summed E-state index contributed by atoms with van der Waals surface area (Å²) in [7, 11) is 0. The largest absolute Gasteiger partial charge is 0.298 e. The van der Waals surface area contributed by atoms with Crippen LogP contribution in [0.3, 0.4) is 0 Å². The van der Waals surface area contributed by atoms with Gasteiger partial charge in [-0.15, -0.1) is 11.3 Å². The first-order valence-electron chi connectivity index (χ1n) is 7.89. The fraction of sp³-hybridized carbons (Fsp3) is 0.158. The summed E-state index contributed by atoms with van der Waals surface area (Å²) < 4.78 is 1.03. The molecule has 0 radical (unpaired) electrons. The van der Waals surface area contributed by atoms with Crippen LogP contribution in [0.4, 0.5) is 5.13 Å². The van der Waals surface area contributed by atoms with E-state index < -0.39 is 0 Å². The van der Waals surface area contributed by atoms with Crippen LogP contribution in [0.25, 0.3) is 11.3 Å². The zero-order valence-corrected chi connectivity index (χ0v) is 16.7. The maximum atomic E-state index is 12.4. The predicted octanol–water partition coefficient (Wildman–Crippen LogP) is 6.43. The van der Waals surface area contributed by atoms with Gasteiger partial charge in [0, 0.05) is 25.5 Å². The summed E-state index contributed by atoms with van der Waals surface area (Å²) in [5.74, 6) is -0.184. The van der Waals surface area contributed by atoms with Gasteiger partial charge in [-0.25, -0.2) is 4.98 Å². The van der Waals surface area contributed by atoms with Gasteiger partial charge in [-0.1, -0.05) is 53.0 Å². The highest BCUT2D eigenvalue weighted by Crippen LogP contribution is 2.33. The van der Waals surface area contributed by atoms with Gasteiger partial charge in [-0.05, 0) is 42.8 Å². The van der Waals surface area contributed by atoms with E-state index in [9.17, 15) is 4.79 Å². The number of rotatable bonds is 5. The first-order chi connectivity index (χ1) is 12.1. The molecule has 6 heteroatoms. The number of nitrogens with zero attached hydrogens (tertiary/aromatic N) is 1. The molecule has 1 heterocycles. The molecule has 3 aromatic rings. The second-order valence-corrected chi connectivity index (χ2v) is 7.94. The number of anilines is 1. The molecular weight excluding hydrogens is 420 g/mol. The molecule has 0 saturated carbocycles. The number of aryl methyl sites for hydroxylation is 1. The molecule has 128 valence electrons. The Bertz CT molecular complexity index is 875. The van der Waals surface area contributed by atoms with Crippen LogP contribution in [0, 0.1) is 0 Å². The van der Waals surface area contributed by atoms with E-state index in [1.54, 1.807) is 24.3 Å². The number of carbonyl (C=O) groups is 1. The molecule has 1 amide bonds. The molecule has 1 aromatic heterocycles. The van der Waals surface area contributed by atoms with Gasteiger partial charge in [0.05, 0.1) is 5.69 Å². The van der Waals surface area contributed by atoms with Crippen molar-refractivity contribution in [1.82, 2.24) is 4.98 Å². The Hall–Kier alpha value is -1.69. The van der Waals surface area contributed by atoms with Crippen molar-refractivity contribution in [3.05, 3.63) is 68.5 Å². The number of hydrogen-bond acceptors (Lipinski definition) is 3. The van der Waals surface area contributed by atoms with E-state index in [1.165, 1.54) is 16.2 Å². The number of amides is 1. The van der Waals surface area contributed by atoms with E-state index in [0.717, 1.165) is 28.6 Å². The summed E-state index contributed by atoms with van der Waals surface area (Å²) in [5.41, 5.74) is 2.54. The zero-order valence-electron chi connectivity index (χ0n) is 13.6. The maximum Gasteiger partial charge on any atom is 0.257 e. The van der Waals surface area contributed by atoms with Gasteiger partial charge in [0.2, 0.25) is 0 Å². The number of thiazole rings is 1. The minimum atomic E-state index is -0.184. The standard InChI is InChI=1S/C19H16BrClN2OS/c1-2-3-16-17(12-4-8-14(20)9-5-12)22-19(25-16)23-18(24)13-6-10-15(21)11-7-13/h4-11H,2-3H2,1H3,(H,22,23,24). The molecule has 25 heavy (non-hydrogen) atoms. The Balaban J connectivity index is 1.87. The van der Waals surface area contributed by atoms with Gasteiger partial charge in [-0.2, -0.15) is 0 Å². The first kappa shape index (κ1) is 18.1. The highest BCUT2D eigenvalue weighted by Gasteiger charge is 2.15. The van der Waals surface area contributed by atoms with Gasteiger partial charge >= 0.3 is 0 Å². The Kier molecular flexibility index (Phi) is 5.89. The van der Waals surface area contributed by atoms with E-state index in [2.05, 4.69) is 33.2 Å². The lowest BCUT2D eigenvalue weighted by molar-refractivity contribution is 0.102. The highest BCUT2D eigenvalue weighted by molar-refractivity contribution is 9.10. The van der Waals surface area contributed by atoms with Gasteiger partial charge < -0.3 is 0 Å². The lowest BCUT2D eigenvalue weighted by Crippen LogP contribution is -2.11. The average molecular weight is 436 g/mol. The molecule has 3 nitrogen and oxygen atoms in total. The fourth-order valence-electron chi connectivity index (χ4n) is 2.41. The third kappa shape index (κ3) is 4.48. The summed E-state index contributed by atoms with van der Waals surface area (Å²) in [6.07, 6.45) is 1.95. The maximum absolute atomic E-state index is 12.4. The van der Waals surface area contributed by atoms with Crippen LogP contribution < -0.4 is 5.32 Å². The summed E-state index contributed by atoms with van der Waals surface area (Å²) in [4.78, 5) is 18.2. The molecule has 2 aromatic carbocycles. The van der Waals surface area contributed by atoms with Crippen molar-refractivity contribution in [2.75, 3.05) is 5.32 Å². The Morgan fingerprint density at radius 3 is 2.48 bits per heavy atom.